The average molecular weight is 287 g/mol. The molecule has 0 aromatic heterocycles. The largest absolute Gasteiger partial charge is 0.368 e. The van der Waals surface area contributed by atoms with Gasteiger partial charge < -0.3 is 10.2 Å². The Morgan fingerprint density at radius 1 is 1.21 bits per heavy atom. The maximum atomic E-state index is 5.44. The molecule has 2 atom stereocenters. The van der Waals surface area contributed by atoms with Crippen molar-refractivity contribution in [2.75, 3.05) is 13.1 Å². The molecule has 0 amide bonds. The summed E-state index contributed by atoms with van der Waals surface area (Å²) < 4.78 is 0. The van der Waals surface area contributed by atoms with E-state index in [4.69, 9.17) is 24.4 Å². The number of piperazine rings is 1. The molecule has 0 aromatic rings. The summed E-state index contributed by atoms with van der Waals surface area (Å²) in [5.74, 6) is 0. The van der Waals surface area contributed by atoms with Gasteiger partial charge in [-0.05, 0) is 17.2 Å². The minimum atomic E-state index is 0.332. The molecule has 0 aromatic carbocycles. The van der Waals surface area contributed by atoms with Crippen molar-refractivity contribution in [1.82, 2.24) is 15.5 Å². The van der Waals surface area contributed by atoms with Crippen LogP contribution in [0.15, 0.2) is 47.2 Å². The summed E-state index contributed by atoms with van der Waals surface area (Å²) in [7, 11) is 0. The molecule has 3 nitrogen and oxygen atoms in total. The third kappa shape index (κ3) is 1.65. The lowest BCUT2D eigenvalue weighted by atomic mass is 9.95. The highest BCUT2D eigenvalue weighted by atomic mass is 32.1. The Kier molecular flexibility index (Phi) is 2.48. The standard InChI is InChI=1S/C14H13N3S2/c18-13-6-15-14(19)12-5-9-8-3-1-2-4-10(8)16-11(9)7-17(12)13/h1-5,10-11,16H,6-7H2,(H,15,19). The zero-order valence-corrected chi connectivity index (χ0v) is 11.9. The topological polar surface area (TPSA) is 27.3 Å². The van der Waals surface area contributed by atoms with Crippen molar-refractivity contribution in [3.8, 4) is 0 Å². The predicted molar refractivity (Wildman–Crippen MR) is 84.0 cm³/mol. The van der Waals surface area contributed by atoms with Crippen LogP contribution in [-0.4, -0.2) is 40.1 Å². The van der Waals surface area contributed by atoms with Crippen LogP contribution in [-0.2, 0) is 0 Å². The molecular weight excluding hydrogens is 274 g/mol. The number of nitrogens with one attached hydrogen (secondary N) is 2. The summed E-state index contributed by atoms with van der Waals surface area (Å²) in [5.41, 5.74) is 3.76. The Hall–Kier alpha value is -1.30. The SMILES string of the molecule is S=C1NCC(=S)N2CC3NC4C=CC=CC4=C3C=C12. The van der Waals surface area contributed by atoms with Crippen LogP contribution in [0.5, 0.6) is 0 Å². The van der Waals surface area contributed by atoms with Gasteiger partial charge in [0.25, 0.3) is 0 Å². The third-order valence-electron chi connectivity index (χ3n) is 4.00. The van der Waals surface area contributed by atoms with Gasteiger partial charge in [0.1, 0.15) is 9.98 Å². The molecular formula is C14H13N3S2. The number of rotatable bonds is 0. The second-order valence-electron chi connectivity index (χ2n) is 5.07. The number of allylic oxidation sites excluding steroid dienone is 2. The van der Waals surface area contributed by atoms with Crippen molar-refractivity contribution in [3.63, 3.8) is 0 Å². The smallest absolute Gasteiger partial charge is 0.123 e. The number of hydrogen-bond acceptors (Lipinski definition) is 3. The van der Waals surface area contributed by atoms with Crippen molar-refractivity contribution in [1.29, 1.82) is 0 Å². The van der Waals surface area contributed by atoms with Gasteiger partial charge in [0.15, 0.2) is 0 Å². The second kappa shape index (κ2) is 4.10. The number of hydrogen-bond donors (Lipinski definition) is 2. The quantitative estimate of drug-likeness (QED) is 0.653. The summed E-state index contributed by atoms with van der Waals surface area (Å²) in [4.78, 5) is 3.89. The zero-order chi connectivity index (χ0) is 13.0. The monoisotopic (exact) mass is 287 g/mol. The summed E-state index contributed by atoms with van der Waals surface area (Å²) in [6.07, 6.45) is 10.8. The van der Waals surface area contributed by atoms with E-state index in [1.807, 2.05) is 0 Å². The van der Waals surface area contributed by atoms with E-state index in [2.05, 4.69) is 45.9 Å². The lowest BCUT2D eigenvalue weighted by Gasteiger charge is -2.38. The predicted octanol–water partition coefficient (Wildman–Crippen LogP) is 1.21. The zero-order valence-electron chi connectivity index (χ0n) is 10.2. The van der Waals surface area contributed by atoms with Crippen LogP contribution in [0.25, 0.3) is 0 Å². The van der Waals surface area contributed by atoms with Crippen LogP contribution in [0.3, 0.4) is 0 Å². The number of thiocarbonyl (C=S) groups is 2. The Balaban J connectivity index is 1.82. The molecule has 1 fully saturated rings. The molecule has 4 rings (SSSR count). The molecule has 2 N–H and O–H groups in total. The first kappa shape index (κ1) is 11.5. The minimum Gasteiger partial charge on any atom is -0.368 e. The number of nitrogens with zero attached hydrogens (tertiary/aromatic N) is 1. The molecule has 0 radical (unpaired) electrons. The first-order chi connectivity index (χ1) is 9.24. The molecule has 96 valence electrons. The van der Waals surface area contributed by atoms with Crippen LogP contribution in [0.4, 0.5) is 0 Å². The fourth-order valence-electron chi connectivity index (χ4n) is 3.08. The van der Waals surface area contributed by atoms with Crippen molar-refractivity contribution in [2.45, 2.75) is 12.1 Å². The summed E-state index contributed by atoms with van der Waals surface area (Å²) >= 11 is 10.8. The van der Waals surface area contributed by atoms with Gasteiger partial charge in [-0.3, -0.25) is 5.32 Å². The second-order valence-corrected chi connectivity index (χ2v) is 5.95. The van der Waals surface area contributed by atoms with Gasteiger partial charge in [-0.1, -0.05) is 48.7 Å². The lowest BCUT2D eigenvalue weighted by molar-refractivity contribution is 0.436. The van der Waals surface area contributed by atoms with Crippen LogP contribution in [0.1, 0.15) is 0 Å². The molecule has 5 heteroatoms. The molecule has 0 spiro atoms. The highest BCUT2D eigenvalue weighted by Crippen LogP contribution is 2.33. The maximum absolute atomic E-state index is 5.44. The van der Waals surface area contributed by atoms with E-state index >= 15 is 0 Å². The van der Waals surface area contributed by atoms with Gasteiger partial charge in [-0.2, -0.15) is 0 Å². The van der Waals surface area contributed by atoms with E-state index in [9.17, 15) is 0 Å². The van der Waals surface area contributed by atoms with Gasteiger partial charge in [0.05, 0.1) is 24.3 Å². The molecule has 4 aliphatic rings. The van der Waals surface area contributed by atoms with Gasteiger partial charge in [0.2, 0.25) is 0 Å². The summed E-state index contributed by atoms with van der Waals surface area (Å²) in [6, 6.07) is 0.674. The van der Waals surface area contributed by atoms with Gasteiger partial charge >= 0.3 is 0 Å². The molecule has 1 aliphatic carbocycles. The first-order valence-corrected chi connectivity index (χ1v) is 7.21. The van der Waals surface area contributed by atoms with E-state index in [0.717, 1.165) is 22.2 Å². The maximum Gasteiger partial charge on any atom is 0.123 e. The van der Waals surface area contributed by atoms with Crippen LogP contribution in [0.2, 0.25) is 0 Å². The highest BCUT2D eigenvalue weighted by Gasteiger charge is 2.38. The average Bonchev–Trinajstić information content (AvgIpc) is 2.79. The Bertz CT molecular complexity index is 612. The van der Waals surface area contributed by atoms with E-state index in [1.54, 1.807) is 0 Å². The highest BCUT2D eigenvalue weighted by molar-refractivity contribution is 7.81. The lowest BCUT2D eigenvalue weighted by Crippen LogP contribution is -2.54. The van der Waals surface area contributed by atoms with E-state index < -0.39 is 0 Å². The van der Waals surface area contributed by atoms with Crippen molar-refractivity contribution in [2.24, 2.45) is 0 Å². The van der Waals surface area contributed by atoms with Crippen LogP contribution in [0, 0.1) is 0 Å². The summed E-state index contributed by atoms with van der Waals surface area (Å²) in [6.45, 7) is 1.55. The van der Waals surface area contributed by atoms with Crippen molar-refractivity contribution >= 4 is 34.4 Å². The van der Waals surface area contributed by atoms with Gasteiger partial charge in [-0.25, -0.2) is 0 Å². The number of fused-ring (bicyclic) bond motifs is 3. The molecule has 2 unspecified atom stereocenters. The van der Waals surface area contributed by atoms with Crippen molar-refractivity contribution in [3.05, 3.63) is 47.2 Å². The van der Waals surface area contributed by atoms with E-state index in [0.29, 0.717) is 18.6 Å². The minimum absolute atomic E-state index is 0.332. The van der Waals surface area contributed by atoms with Crippen LogP contribution < -0.4 is 10.6 Å². The Morgan fingerprint density at radius 3 is 3.00 bits per heavy atom. The molecule has 0 bridgehead atoms. The fraction of sp³-hybridized carbons (Fsp3) is 0.286. The van der Waals surface area contributed by atoms with Gasteiger partial charge in [-0.15, -0.1) is 0 Å². The normalized spacial score (nSPS) is 31.8. The van der Waals surface area contributed by atoms with Gasteiger partial charge in [0, 0.05) is 6.54 Å². The van der Waals surface area contributed by atoms with E-state index in [-0.39, 0.29) is 0 Å². The van der Waals surface area contributed by atoms with Crippen molar-refractivity contribution < 1.29 is 0 Å². The molecule has 3 aliphatic heterocycles. The molecule has 0 saturated carbocycles. The van der Waals surface area contributed by atoms with E-state index in [1.165, 1.54) is 11.1 Å². The molecule has 3 heterocycles. The third-order valence-corrected chi connectivity index (χ3v) is 4.72. The Morgan fingerprint density at radius 2 is 2.11 bits per heavy atom. The Labute approximate surface area is 122 Å². The van der Waals surface area contributed by atoms with Crippen LogP contribution >= 0.6 is 24.4 Å². The molecule has 1 saturated heterocycles. The first-order valence-electron chi connectivity index (χ1n) is 6.39. The molecule has 19 heavy (non-hydrogen) atoms. The summed E-state index contributed by atoms with van der Waals surface area (Å²) in [5, 5.41) is 6.83. The fourth-order valence-corrected chi connectivity index (χ4v) is 3.56.